The van der Waals surface area contributed by atoms with Gasteiger partial charge < -0.3 is 46.8 Å². The van der Waals surface area contributed by atoms with Gasteiger partial charge >= 0.3 is 0 Å². The van der Waals surface area contributed by atoms with Crippen LogP contribution in [-0.4, -0.2) is 128 Å². The van der Waals surface area contributed by atoms with Crippen molar-refractivity contribution < 1.29 is 75.3 Å². The number of nitrogens with two attached hydrogens (primary N) is 1. The number of amides is 3. The minimum absolute atomic E-state index is 0. The summed E-state index contributed by atoms with van der Waals surface area (Å²) in [6, 6.07) is 21.2. The number of benzene rings is 3. The third-order valence-corrected chi connectivity index (χ3v) is 12.3. The van der Waals surface area contributed by atoms with Crippen LogP contribution in [0.5, 0.6) is 11.5 Å². The Labute approximate surface area is 436 Å². The number of hydrogen-bond acceptors (Lipinski definition) is 13. The Morgan fingerprint density at radius 3 is 2.52 bits per heavy atom. The number of likely N-dealkylation sites (tertiary alicyclic amines) is 1. The van der Waals surface area contributed by atoms with Gasteiger partial charge in [-0.2, -0.15) is 29.4 Å². The van der Waals surface area contributed by atoms with Crippen LogP contribution in [0.2, 0.25) is 0 Å². The number of likely N-dealkylation sites (N-methyl/N-ethyl adjacent to an activating group) is 1. The number of rotatable bonds is 15. The van der Waals surface area contributed by atoms with Gasteiger partial charge in [-0.3, -0.25) is 24.1 Å². The molecular formula is C51H55FN10O8Y-2. The molecule has 2 aromatic heterocycles. The first kappa shape index (κ1) is 55.2. The second-order valence-corrected chi connectivity index (χ2v) is 17.3. The Morgan fingerprint density at radius 2 is 1.83 bits per heavy atom. The van der Waals surface area contributed by atoms with Crippen molar-refractivity contribution in [2.24, 2.45) is 0 Å². The number of anilines is 1. The molecule has 2 aliphatic heterocycles. The number of nitrogen functional groups attached to an aromatic ring is 1. The van der Waals surface area contributed by atoms with E-state index < -0.39 is 17.4 Å². The van der Waals surface area contributed by atoms with Crippen LogP contribution in [0.3, 0.4) is 0 Å². The number of nitrogens with zero attached hydrogens (tertiary/aromatic N) is 8. The number of halogens is 1. The first-order chi connectivity index (χ1) is 33.6. The van der Waals surface area contributed by atoms with Gasteiger partial charge in [0.2, 0.25) is 5.70 Å². The number of hydrogen-bond donors (Lipinski definition) is 2. The largest absolute Gasteiger partial charge is 0.457 e. The zero-order valence-corrected chi connectivity index (χ0v) is 42.8. The van der Waals surface area contributed by atoms with Crippen LogP contribution in [0.15, 0.2) is 84.8 Å². The van der Waals surface area contributed by atoms with E-state index in [9.17, 15) is 24.0 Å². The summed E-state index contributed by atoms with van der Waals surface area (Å²) in [4.78, 5) is 85.5. The third-order valence-electron chi connectivity index (χ3n) is 12.3. The van der Waals surface area contributed by atoms with Crippen LogP contribution in [0.4, 0.5) is 10.2 Å². The molecule has 0 spiro atoms. The predicted molar refractivity (Wildman–Crippen MR) is 257 cm³/mol. The molecule has 369 valence electrons. The van der Waals surface area contributed by atoms with Gasteiger partial charge in [0.05, 0.1) is 56.1 Å². The Morgan fingerprint density at radius 1 is 1.07 bits per heavy atom. The molecule has 71 heavy (non-hydrogen) atoms. The monoisotopic (exact) mass is 1040 g/mol. The van der Waals surface area contributed by atoms with E-state index in [4.69, 9.17) is 31.7 Å². The molecule has 0 bridgehead atoms. The van der Waals surface area contributed by atoms with E-state index in [2.05, 4.69) is 33.1 Å². The molecule has 3 aromatic carbocycles. The van der Waals surface area contributed by atoms with E-state index in [0.29, 0.717) is 86.8 Å². The zero-order valence-electron chi connectivity index (χ0n) is 39.9. The van der Waals surface area contributed by atoms with Gasteiger partial charge in [0.1, 0.15) is 47.7 Å². The molecule has 1 radical (unpaired) electrons. The van der Waals surface area contributed by atoms with E-state index in [1.54, 1.807) is 63.0 Å². The summed E-state index contributed by atoms with van der Waals surface area (Å²) in [6.07, 6.45) is 5.26. The summed E-state index contributed by atoms with van der Waals surface area (Å²) < 4.78 is 28.6. The van der Waals surface area contributed by atoms with E-state index in [-0.39, 0.29) is 104 Å². The fraction of sp³-hybridized carbons (Fsp3) is 0.353. The van der Waals surface area contributed by atoms with Crippen molar-refractivity contribution in [1.82, 2.24) is 39.8 Å². The standard InChI is InChI=1S/C36H41FN9O4.C14H12NO3.CH2O.Y/c1-24(47)40-15-18-49-19-17-44(5)36(2,3)21-30(39-4)35(48)45-16-9-10-25(45)22-46-34-31(33(38)41-23-42-34)32(43-46)28-14-13-27(20-29(28)37)50-26-11-7-6-8-12-26;16-10-5-6-12(13(17)7-10)15-8-9-3-1-2-4-11(9)14(15)18;1-2;/h6-8,11-14,20-21,23,25H,1,9-10,15-19,22H2,2-3,5H3,(H,40,47)(H2,38,41,42);1-2,4,12H,5-8H2;1H2;/q2*-1;;/b30-21-;;;/t25-;;;/m0.../s1. The quantitative estimate of drug-likeness (QED) is 0.0580. The van der Waals surface area contributed by atoms with Crippen molar-refractivity contribution in [1.29, 1.82) is 0 Å². The maximum Gasteiger partial charge on any atom is 0.252 e. The molecule has 20 heteroatoms. The van der Waals surface area contributed by atoms with E-state index in [1.165, 1.54) is 12.4 Å². The molecule has 1 saturated carbocycles. The number of carbonyl (C=O) groups excluding carboxylic acids is 6. The molecule has 3 aliphatic rings. The van der Waals surface area contributed by atoms with Gasteiger partial charge in [0.25, 0.3) is 5.91 Å². The molecule has 3 amide bonds. The normalized spacial score (nSPS) is 16.6. The summed E-state index contributed by atoms with van der Waals surface area (Å²) in [7, 11) is 1.89. The van der Waals surface area contributed by atoms with E-state index >= 15 is 4.39 Å². The number of carbonyl (C=O) groups is 6. The second-order valence-electron chi connectivity index (χ2n) is 17.3. The molecular weight excluding hydrogens is 989 g/mol. The second kappa shape index (κ2) is 25.4. The van der Waals surface area contributed by atoms with Gasteiger partial charge in [-0.25, -0.2) is 23.9 Å². The average Bonchev–Trinajstić information content (AvgIpc) is 4.06. The Hall–Kier alpha value is -6.72. The number of para-hydroxylation sites is 1. The molecule has 1 saturated heterocycles. The number of Topliss-reactive ketones (excluding diaryl/α,β-unsaturated/α-hetero) is 2. The molecule has 1 aliphatic carbocycles. The van der Waals surface area contributed by atoms with E-state index in [0.717, 1.165) is 12.0 Å². The van der Waals surface area contributed by atoms with Gasteiger partial charge in [-0.15, -0.1) is 5.56 Å². The molecule has 2 fully saturated rings. The first-order valence-corrected chi connectivity index (χ1v) is 22.6. The minimum atomic E-state index is -0.636. The third kappa shape index (κ3) is 13.6. The minimum Gasteiger partial charge on any atom is -0.457 e. The van der Waals surface area contributed by atoms with Gasteiger partial charge in [0, 0.05) is 82.5 Å². The van der Waals surface area contributed by atoms with Crippen LogP contribution in [0.1, 0.15) is 61.9 Å². The van der Waals surface area contributed by atoms with Crippen LogP contribution < -0.4 is 15.8 Å². The molecule has 3 N–H and O–H groups in total. The van der Waals surface area contributed by atoms with Crippen molar-refractivity contribution in [2.75, 3.05) is 45.6 Å². The molecule has 1 unspecified atom stereocenters. The molecule has 2 atom stereocenters. The molecule has 8 rings (SSSR count). The van der Waals surface area contributed by atoms with Gasteiger partial charge in [-0.05, 0) is 64.4 Å². The summed E-state index contributed by atoms with van der Waals surface area (Å²) in [5.74, 6) is -0.493. The smallest absolute Gasteiger partial charge is 0.252 e. The number of nitrogens with one attached hydrogen (secondary N) is 1. The van der Waals surface area contributed by atoms with E-state index in [1.807, 2.05) is 50.8 Å². The van der Waals surface area contributed by atoms with Gasteiger partial charge in [0.15, 0.2) is 17.3 Å². The first-order valence-electron chi connectivity index (χ1n) is 22.6. The summed E-state index contributed by atoms with van der Waals surface area (Å²) >= 11 is 0. The van der Waals surface area contributed by atoms with Crippen LogP contribution in [0, 0.1) is 25.4 Å². The number of ketones is 2. The van der Waals surface area contributed by atoms with Crippen LogP contribution in [0.25, 0.3) is 27.1 Å². The Balaban J connectivity index is 0.000000370. The molecule has 4 heterocycles. The summed E-state index contributed by atoms with van der Waals surface area (Å²) in [6.45, 7) is 19.8. The van der Waals surface area contributed by atoms with Crippen molar-refractivity contribution in [3.05, 3.63) is 126 Å². The maximum atomic E-state index is 15.6. The van der Waals surface area contributed by atoms with Crippen molar-refractivity contribution in [2.45, 2.75) is 76.7 Å². The number of fused-ring (bicyclic) bond motifs is 2. The Bertz CT molecular complexity index is 2800. The maximum absolute atomic E-state index is 15.6. The van der Waals surface area contributed by atoms with Crippen molar-refractivity contribution in [3.8, 4) is 22.8 Å². The fourth-order valence-electron chi connectivity index (χ4n) is 8.44. The molecule has 5 aromatic rings. The summed E-state index contributed by atoms with van der Waals surface area (Å²) in [5, 5.41) is 7.73. The predicted octanol–water partition coefficient (Wildman–Crippen LogP) is 5.42. The fourth-order valence-corrected chi connectivity index (χ4v) is 8.44. The van der Waals surface area contributed by atoms with Crippen molar-refractivity contribution >= 4 is 52.9 Å². The zero-order chi connectivity index (χ0) is 50.5. The topological polar surface area (TPSA) is 217 Å². The number of aromatic nitrogens is 4. The average molecular weight is 1040 g/mol. The summed E-state index contributed by atoms with van der Waals surface area (Å²) in [5.41, 5.74) is 8.04. The number of ether oxygens (including phenoxy) is 2. The van der Waals surface area contributed by atoms with Crippen LogP contribution in [-0.2, 0) is 74.5 Å². The molecule has 18 nitrogen and oxygen atoms in total. The Kier molecular flexibility index (Phi) is 19.8. The van der Waals surface area contributed by atoms with Crippen molar-refractivity contribution in [3.63, 3.8) is 0 Å². The SMILES string of the molecule is C=O.O=C1CCC(N2Cc3[c-]cccc3C2=O)C(=O)C1.[C-]#[N+]/C(=C\C(C)(C)N(C)CCOCCNC([CH2-])=O)C(=O)N1CCC[C@H]1Cn1nc(-c2ccc(Oc3ccccc3)cc2F)c2c(N)ncnc21.[Y]. The van der Waals surface area contributed by atoms with Crippen LogP contribution >= 0.6 is 0 Å². The van der Waals surface area contributed by atoms with Gasteiger partial charge in [-0.1, -0.05) is 29.8 Å².